The first-order valence-electron chi connectivity index (χ1n) is 7.69. The quantitative estimate of drug-likeness (QED) is 0.685. The number of aromatic nitrogens is 1. The van der Waals surface area contributed by atoms with Gasteiger partial charge in [0.1, 0.15) is 0 Å². The molecule has 0 unspecified atom stereocenters. The number of aromatic amines is 1. The molecule has 2 aromatic rings. The van der Waals surface area contributed by atoms with Crippen LogP contribution in [0.5, 0.6) is 0 Å². The van der Waals surface area contributed by atoms with Crippen LogP contribution in [0, 0.1) is 0 Å². The molecule has 5 N–H and O–H groups in total. The number of H-pyrrole nitrogens is 1. The van der Waals surface area contributed by atoms with E-state index in [1.807, 2.05) is 39.1 Å². The standard InChI is InChI=1S/C17H26N4O/c1-11(12(2)20-16(22)21-17(3,4)10-18)14-9-19-15-8-6-5-7-13(14)15/h5-9,11-12,19H,10,18H2,1-4H3,(H2,20,21,22)/t11-,12-/m0/s1. The van der Waals surface area contributed by atoms with E-state index in [1.165, 1.54) is 10.9 Å². The van der Waals surface area contributed by atoms with Crippen molar-refractivity contribution in [3.05, 3.63) is 36.0 Å². The smallest absolute Gasteiger partial charge is 0.315 e. The van der Waals surface area contributed by atoms with Crippen LogP contribution in [0.1, 0.15) is 39.2 Å². The van der Waals surface area contributed by atoms with Crippen molar-refractivity contribution in [3.63, 3.8) is 0 Å². The Bertz CT molecular complexity index is 647. The highest BCUT2D eigenvalue weighted by Gasteiger charge is 2.22. The number of carbonyl (C=O) groups is 1. The third-order valence-electron chi connectivity index (χ3n) is 4.18. The minimum absolute atomic E-state index is 0.00720. The molecule has 0 spiro atoms. The van der Waals surface area contributed by atoms with Crippen molar-refractivity contribution in [2.75, 3.05) is 6.54 Å². The van der Waals surface area contributed by atoms with Gasteiger partial charge in [-0.05, 0) is 32.4 Å². The van der Waals surface area contributed by atoms with Gasteiger partial charge in [-0.2, -0.15) is 0 Å². The molecule has 0 saturated carbocycles. The van der Waals surface area contributed by atoms with Gasteiger partial charge in [0.2, 0.25) is 0 Å². The molecule has 2 rings (SSSR count). The largest absolute Gasteiger partial charge is 0.361 e. The summed E-state index contributed by atoms with van der Waals surface area (Å²) in [6.07, 6.45) is 2.02. The number of para-hydroxylation sites is 1. The minimum atomic E-state index is -0.409. The Kier molecular flexibility index (Phi) is 4.76. The summed E-state index contributed by atoms with van der Waals surface area (Å²) in [7, 11) is 0. The lowest BCUT2D eigenvalue weighted by molar-refractivity contribution is 0.226. The van der Waals surface area contributed by atoms with Gasteiger partial charge in [0.25, 0.3) is 0 Å². The molecule has 0 aliphatic heterocycles. The van der Waals surface area contributed by atoms with E-state index in [-0.39, 0.29) is 18.0 Å². The Labute approximate surface area is 131 Å². The van der Waals surface area contributed by atoms with Crippen molar-refractivity contribution < 1.29 is 4.79 Å². The Hall–Kier alpha value is -2.01. The van der Waals surface area contributed by atoms with E-state index in [0.29, 0.717) is 6.54 Å². The predicted octanol–water partition coefficient (Wildman–Crippen LogP) is 2.70. The Balaban J connectivity index is 2.06. The highest BCUT2D eigenvalue weighted by Crippen LogP contribution is 2.27. The van der Waals surface area contributed by atoms with Crippen LogP contribution < -0.4 is 16.4 Å². The van der Waals surface area contributed by atoms with Crippen LogP contribution in [0.25, 0.3) is 10.9 Å². The van der Waals surface area contributed by atoms with Gasteiger partial charge in [-0.15, -0.1) is 0 Å². The summed E-state index contributed by atoms with van der Waals surface area (Å²) in [4.78, 5) is 15.4. The van der Waals surface area contributed by atoms with E-state index >= 15 is 0 Å². The Morgan fingerprint density at radius 2 is 2.00 bits per heavy atom. The van der Waals surface area contributed by atoms with Gasteiger partial charge in [0.15, 0.2) is 0 Å². The zero-order chi connectivity index (χ0) is 16.3. The number of rotatable bonds is 5. The molecule has 0 aliphatic carbocycles. The highest BCUT2D eigenvalue weighted by atomic mass is 16.2. The minimum Gasteiger partial charge on any atom is -0.361 e. The van der Waals surface area contributed by atoms with Gasteiger partial charge in [-0.25, -0.2) is 4.79 Å². The van der Waals surface area contributed by atoms with Crippen LogP contribution in [0.2, 0.25) is 0 Å². The number of carbonyl (C=O) groups excluding carboxylic acids is 1. The number of amides is 2. The fourth-order valence-corrected chi connectivity index (χ4v) is 2.47. The highest BCUT2D eigenvalue weighted by molar-refractivity contribution is 5.84. The first kappa shape index (κ1) is 16.4. The van der Waals surface area contributed by atoms with Crippen molar-refractivity contribution in [1.29, 1.82) is 0 Å². The summed E-state index contributed by atoms with van der Waals surface area (Å²) >= 11 is 0. The molecule has 0 fully saturated rings. The third kappa shape index (κ3) is 3.60. The zero-order valence-corrected chi connectivity index (χ0v) is 13.7. The van der Waals surface area contributed by atoms with Gasteiger partial charge in [0.05, 0.1) is 0 Å². The van der Waals surface area contributed by atoms with Crippen molar-refractivity contribution in [3.8, 4) is 0 Å². The van der Waals surface area contributed by atoms with E-state index < -0.39 is 5.54 Å². The van der Waals surface area contributed by atoms with E-state index in [0.717, 1.165) is 5.52 Å². The second-order valence-corrected chi connectivity index (χ2v) is 6.55. The molecule has 0 saturated heterocycles. The molecular formula is C17H26N4O. The molecule has 0 radical (unpaired) electrons. The van der Waals surface area contributed by atoms with Gasteiger partial charge in [0, 0.05) is 41.1 Å². The molecule has 2 atom stereocenters. The molecule has 0 bridgehead atoms. The first-order chi connectivity index (χ1) is 10.3. The van der Waals surface area contributed by atoms with Crippen LogP contribution >= 0.6 is 0 Å². The molecule has 0 aliphatic rings. The predicted molar refractivity (Wildman–Crippen MR) is 91.0 cm³/mol. The number of nitrogens with one attached hydrogen (secondary N) is 3. The number of urea groups is 1. The number of nitrogens with two attached hydrogens (primary N) is 1. The molecule has 5 nitrogen and oxygen atoms in total. The number of hydrogen-bond acceptors (Lipinski definition) is 2. The monoisotopic (exact) mass is 302 g/mol. The zero-order valence-electron chi connectivity index (χ0n) is 13.7. The fraction of sp³-hybridized carbons (Fsp3) is 0.471. The lowest BCUT2D eigenvalue weighted by atomic mass is 9.94. The summed E-state index contributed by atoms with van der Waals surface area (Å²) < 4.78 is 0. The maximum Gasteiger partial charge on any atom is 0.315 e. The van der Waals surface area contributed by atoms with Crippen molar-refractivity contribution in [1.82, 2.24) is 15.6 Å². The second kappa shape index (κ2) is 6.40. The van der Waals surface area contributed by atoms with E-state index in [2.05, 4.69) is 34.7 Å². The first-order valence-corrected chi connectivity index (χ1v) is 7.69. The Morgan fingerprint density at radius 3 is 2.68 bits per heavy atom. The topological polar surface area (TPSA) is 82.9 Å². The number of hydrogen-bond donors (Lipinski definition) is 4. The van der Waals surface area contributed by atoms with Crippen LogP contribution in [0.3, 0.4) is 0 Å². The van der Waals surface area contributed by atoms with Gasteiger partial charge in [-0.1, -0.05) is 25.1 Å². The summed E-state index contributed by atoms with van der Waals surface area (Å²) in [5, 5.41) is 7.10. The SMILES string of the molecule is C[C@H](NC(=O)NC(C)(C)CN)[C@H](C)c1c[nH]c2ccccc12. The van der Waals surface area contributed by atoms with E-state index in [9.17, 15) is 4.79 Å². The van der Waals surface area contributed by atoms with E-state index in [4.69, 9.17) is 5.73 Å². The molecule has 1 heterocycles. The average Bonchev–Trinajstić information content (AvgIpc) is 2.89. The van der Waals surface area contributed by atoms with Crippen molar-refractivity contribution in [2.45, 2.75) is 45.2 Å². The van der Waals surface area contributed by atoms with Gasteiger partial charge < -0.3 is 21.4 Å². The molecular weight excluding hydrogens is 276 g/mol. The molecule has 1 aromatic heterocycles. The lowest BCUT2D eigenvalue weighted by Crippen LogP contribution is -2.54. The Morgan fingerprint density at radius 1 is 1.32 bits per heavy atom. The molecule has 1 aromatic carbocycles. The lowest BCUT2D eigenvalue weighted by Gasteiger charge is -2.27. The summed E-state index contributed by atoms with van der Waals surface area (Å²) in [5.41, 5.74) is 7.55. The summed E-state index contributed by atoms with van der Waals surface area (Å²) in [6.45, 7) is 8.34. The summed E-state index contributed by atoms with van der Waals surface area (Å²) in [6, 6.07) is 8.02. The maximum atomic E-state index is 12.1. The van der Waals surface area contributed by atoms with Crippen LogP contribution in [0.4, 0.5) is 4.79 Å². The fourth-order valence-electron chi connectivity index (χ4n) is 2.47. The molecule has 120 valence electrons. The van der Waals surface area contributed by atoms with E-state index in [1.54, 1.807) is 0 Å². The maximum absolute atomic E-state index is 12.1. The number of fused-ring (bicyclic) bond motifs is 1. The van der Waals surface area contributed by atoms with Crippen molar-refractivity contribution in [2.24, 2.45) is 5.73 Å². The molecule has 5 heteroatoms. The number of benzene rings is 1. The normalized spacial score (nSPS) is 14.6. The van der Waals surface area contributed by atoms with Crippen molar-refractivity contribution >= 4 is 16.9 Å². The summed E-state index contributed by atoms with van der Waals surface area (Å²) in [5.74, 6) is 0.197. The molecule has 2 amide bonds. The van der Waals surface area contributed by atoms with Crippen LogP contribution in [-0.2, 0) is 0 Å². The third-order valence-corrected chi connectivity index (χ3v) is 4.18. The van der Waals surface area contributed by atoms with Gasteiger partial charge in [-0.3, -0.25) is 0 Å². The van der Waals surface area contributed by atoms with Gasteiger partial charge >= 0.3 is 6.03 Å². The average molecular weight is 302 g/mol. The van der Waals surface area contributed by atoms with Crippen LogP contribution in [0.15, 0.2) is 30.5 Å². The second-order valence-electron chi connectivity index (χ2n) is 6.55. The molecule has 22 heavy (non-hydrogen) atoms. The van der Waals surface area contributed by atoms with Crippen LogP contribution in [-0.4, -0.2) is 29.1 Å².